The van der Waals surface area contributed by atoms with E-state index in [9.17, 15) is 8.78 Å². The minimum absolute atomic E-state index is 0.406. The quantitative estimate of drug-likeness (QED) is 0.328. The molecular formula is C22H13F2NOS. The van der Waals surface area contributed by atoms with E-state index in [1.54, 1.807) is 31.4 Å². The topological polar surface area (TPSA) is 21.6 Å². The maximum absolute atomic E-state index is 14.0. The Labute approximate surface area is 161 Å². The Bertz CT molecular complexity index is 1050. The predicted molar refractivity (Wildman–Crippen MR) is 105 cm³/mol. The van der Waals surface area contributed by atoms with Crippen molar-refractivity contribution in [3.8, 4) is 28.7 Å². The fourth-order valence-corrected chi connectivity index (χ4v) is 2.54. The molecule has 0 unspecified atom stereocenters. The third-order valence-corrected chi connectivity index (χ3v) is 3.93. The first-order valence-corrected chi connectivity index (χ1v) is 8.35. The zero-order valence-electron chi connectivity index (χ0n) is 14.3. The number of aliphatic imine (C=N–C) groups is 1. The Morgan fingerprint density at radius 3 is 1.81 bits per heavy atom. The van der Waals surface area contributed by atoms with Crippen LogP contribution in [0.3, 0.4) is 0 Å². The third-order valence-electron chi connectivity index (χ3n) is 3.83. The summed E-state index contributed by atoms with van der Waals surface area (Å²) in [7, 11) is 1.61. The zero-order chi connectivity index (χ0) is 19.2. The van der Waals surface area contributed by atoms with Crippen LogP contribution in [0.1, 0.15) is 11.1 Å². The van der Waals surface area contributed by atoms with E-state index in [4.69, 9.17) is 4.74 Å². The van der Waals surface area contributed by atoms with Crippen LogP contribution in [0.25, 0.3) is 11.1 Å². The third kappa shape index (κ3) is 4.45. The smallest absolute Gasteiger partial charge is 0.153 e. The Kier molecular flexibility index (Phi) is 5.73. The van der Waals surface area contributed by atoms with Gasteiger partial charge in [0.2, 0.25) is 0 Å². The summed E-state index contributed by atoms with van der Waals surface area (Å²) >= 11 is 4.40. The molecule has 0 saturated heterocycles. The Morgan fingerprint density at radius 2 is 1.33 bits per heavy atom. The molecule has 0 spiro atoms. The fraction of sp³-hybridized carbons (Fsp3) is 0.0455. The van der Waals surface area contributed by atoms with Crippen LogP contribution in [-0.2, 0) is 0 Å². The molecule has 0 fully saturated rings. The Morgan fingerprint density at radius 1 is 0.815 bits per heavy atom. The van der Waals surface area contributed by atoms with Gasteiger partial charge in [-0.25, -0.2) is 8.78 Å². The monoisotopic (exact) mass is 377 g/mol. The highest BCUT2D eigenvalue weighted by atomic mass is 32.1. The maximum Gasteiger partial charge on any atom is 0.153 e. The molecule has 0 aliphatic rings. The van der Waals surface area contributed by atoms with Crippen molar-refractivity contribution in [3.05, 3.63) is 83.4 Å². The standard InChI is InChI=1S/C22H13F2NOS/c1-26-19-10-6-16(7-11-19)3-2-15-4-8-17(9-5-15)18-12-20(23)22(25-14-27)21(24)13-18/h4-13H,1H3. The van der Waals surface area contributed by atoms with Crippen molar-refractivity contribution in [2.75, 3.05) is 7.11 Å². The average Bonchev–Trinajstić information content (AvgIpc) is 2.70. The molecule has 0 aromatic heterocycles. The molecule has 0 bridgehead atoms. The maximum atomic E-state index is 14.0. The number of thiocarbonyl (C=S) groups is 1. The van der Waals surface area contributed by atoms with Gasteiger partial charge in [-0.2, -0.15) is 4.99 Å². The number of halogens is 2. The Balaban J connectivity index is 1.83. The van der Waals surface area contributed by atoms with Crippen LogP contribution in [0.4, 0.5) is 14.5 Å². The van der Waals surface area contributed by atoms with E-state index < -0.39 is 17.3 Å². The van der Waals surface area contributed by atoms with Crippen LogP contribution >= 0.6 is 12.2 Å². The van der Waals surface area contributed by atoms with Gasteiger partial charge in [-0.3, -0.25) is 0 Å². The molecule has 0 radical (unpaired) electrons. The number of rotatable bonds is 3. The van der Waals surface area contributed by atoms with Crippen molar-refractivity contribution in [3.63, 3.8) is 0 Å². The molecular weight excluding hydrogens is 364 g/mol. The second-order valence-electron chi connectivity index (χ2n) is 5.55. The molecule has 5 heteroatoms. The highest BCUT2D eigenvalue weighted by Crippen LogP contribution is 2.29. The summed E-state index contributed by atoms with van der Waals surface area (Å²) in [5, 5.41) is 1.97. The second kappa shape index (κ2) is 8.37. The van der Waals surface area contributed by atoms with Gasteiger partial charge in [-0.1, -0.05) is 24.0 Å². The van der Waals surface area contributed by atoms with E-state index in [0.29, 0.717) is 11.1 Å². The average molecular weight is 377 g/mol. The summed E-state index contributed by atoms with van der Waals surface area (Å²) in [6, 6.07) is 17.0. The predicted octanol–water partition coefficient (Wildman–Crippen LogP) is 5.77. The van der Waals surface area contributed by atoms with Crippen molar-refractivity contribution in [1.82, 2.24) is 0 Å². The van der Waals surface area contributed by atoms with Gasteiger partial charge in [0.05, 0.1) is 12.3 Å². The molecule has 0 atom stereocenters. The van der Waals surface area contributed by atoms with E-state index in [0.717, 1.165) is 16.9 Å². The molecule has 0 amide bonds. The van der Waals surface area contributed by atoms with Crippen LogP contribution in [-0.4, -0.2) is 12.3 Å². The van der Waals surface area contributed by atoms with Gasteiger partial charge in [0.1, 0.15) is 11.4 Å². The lowest BCUT2D eigenvalue weighted by atomic mass is 10.0. The highest BCUT2D eigenvalue weighted by Gasteiger charge is 2.11. The minimum Gasteiger partial charge on any atom is -0.497 e. The first kappa shape index (κ1) is 18.5. The van der Waals surface area contributed by atoms with Gasteiger partial charge in [-0.05, 0) is 71.9 Å². The second-order valence-corrected chi connectivity index (χ2v) is 5.73. The number of isothiocyanates is 1. The van der Waals surface area contributed by atoms with Crippen molar-refractivity contribution >= 4 is 23.1 Å². The normalized spacial score (nSPS) is 9.74. The molecule has 0 heterocycles. The number of hydrogen-bond acceptors (Lipinski definition) is 3. The summed E-state index contributed by atoms with van der Waals surface area (Å²) in [5.41, 5.74) is 2.29. The summed E-state index contributed by atoms with van der Waals surface area (Å²) in [5.74, 6) is 5.31. The van der Waals surface area contributed by atoms with E-state index in [1.165, 1.54) is 12.1 Å². The van der Waals surface area contributed by atoms with Crippen LogP contribution in [0.2, 0.25) is 0 Å². The summed E-state index contributed by atoms with van der Waals surface area (Å²) in [4.78, 5) is 3.41. The molecule has 2 nitrogen and oxygen atoms in total. The first-order valence-electron chi connectivity index (χ1n) is 7.94. The first-order chi connectivity index (χ1) is 13.1. The molecule has 0 aliphatic heterocycles. The van der Waals surface area contributed by atoms with Crippen LogP contribution in [0.15, 0.2) is 65.7 Å². The van der Waals surface area contributed by atoms with Crippen molar-refractivity contribution in [2.24, 2.45) is 4.99 Å². The van der Waals surface area contributed by atoms with Gasteiger partial charge in [-0.15, -0.1) is 0 Å². The SMILES string of the molecule is COc1ccc(C#Cc2ccc(-c3cc(F)c(N=C=S)c(F)c3)cc2)cc1. The molecule has 3 rings (SSSR count). The number of methoxy groups -OCH3 is 1. The lowest BCUT2D eigenvalue weighted by molar-refractivity contribution is 0.415. The number of ether oxygens (including phenoxy) is 1. The van der Waals surface area contributed by atoms with E-state index >= 15 is 0 Å². The molecule has 0 saturated carbocycles. The van der Waals surface area contributed by atoms with Gasteiger partial charge < -0.3 is 4.74 Å². The molecule has 3 aromatic rings. The molecule has 0 aliphatic carbocycles. The van der Waals surface area contributed by atoms with Gasteiger partial charge in [0, 0.05) is 11.1 Å². The van der Waals surface area contributed by atoms with E-state index in [-0.39, 0.29) is 0 Å². The number of hydrogen-bond donors (Lipinski definition) is 0. The lowest BCUT2D eigenvalue weighted by Crippen LogP contribution is -1.87. The summed E-state index contributed by atoms with van der Waals surface area (Å²) in [6.45, 7) is 0. The van der Waals surface area contributed by atoms with E-state index in [2.05, 4.69) is 29.1 Å². The minimum atomic E-state index is -0.786. The van der Waals surface area contributed by atoms with Crippen molar-refractivity contribution < 1.29 is 13.5 Å². The molecule has 132 valence electrons. The van der Waals surface area contributed by atoms with Crippen LogP contribution in [0.5, 0.6) is 5.75 Å². The largest absolute Gasteiger partial charge is 0.497 e. The Hall–Kier alpha value is -3.32. The number of nitrogens with zero attached hydrogens (tertiary/aromatic N) is 1. The van der Waals surface area contributed by atoms with Gasteiger partial charge in [0.15, 0.2) is 11.6 Å². The van der Waals surface area contributed by atoms with E-state index in [1.807, 2.05) is 29.4 Å². The molecule has 27 heavy (non-hydrogen) atoms. The van der Waals surface area contributed by atoms with Crippen molar-refractivity contribution in [2.45, 2.75) is 0 Å². The van der Waals surface area contributed by atoms with Crippen LogP contribution < -0.4 is 4.74 Å². The summed E-state index contributed by atoms with van der Waals surface area (Å²) in [6.07, 6.45) is 0. The van der Waals surface area contributed by atoms with Gasteiger partial charge in [0.25, 0.3) is 0 Å². The van der Waals surface area contributed by atoms with Crippen LogP contribution in [0, 0.1) is 23.5 Å². The lowest BCUT2D eigenvalue weighted by Gasteiger charge is -2.05. The summed E-state index contributed by atoms with van der Waals surface area (Å²) < 4.78 is 33.1. The highest BCUT2D eigenvalue weighted by molar-refractivity contribution is 7.78. The molecule has 3 aromatic carbocycles. The fourth-order valence-electron chi connectivity index (χ4n) is 2.45. The molecule has 0 N–H and O–H groups in total. The zero-order valence-corrected chi connectivity index (χ0v) is 15.1. The van der Waals surface area contributed by atoms with Crippen molar-refractivity contribution in [1.29, 1.82) is 0 Å². The number of benzene rings is 3. The van der Waals surface area contributed by atoms with Gasteiger partial charge >= 0.3 is 0 Å².